The molecule has 2 N–H and O–H groups in total. The normalized spacial score (nSPS) is 12.3. The van der Waals surface area contributed by atoms with Gasteiger partial charge in [-0.05, 0) is 6.92 Å². The maximum atomic E-state index is 12.2. The van der Waals surface area contributed by atoms with Crippen LogP contribution in [0.25, 0.3) is 11.2 Å². The van der Waals surface area contributed by atoms with Gasteiger partial charge >= 0.3 is 11.7 Å². The van der Waals surface area contributed by atoms with Crippen LogP contribution in [0, 0.1) is 0 Å². The number of imidazole rings is 1. The summed E-state index contributed by atoms with van der Waals surface area (Å²) in [5.41, 5.74) is 4.15. The van der Waals surface area contributed by atoms with Crippen LogP contribution in [0.5, 0.6) is 0 Å². The number of ether oxygens (including phenoxy) is 1. The van der Waals surface area contributed by atoms with Crippen LogP contribution in [-0.2, 0) is 35.0 Å². The van der Waals surface area contributed by atoms with Crippen LogP contribution in [0.1, 0.15) is 6.92 Å². The molecule has 22 heavy (non-hydrogen) atoms. The van der Waals surface area contributed by atoms with E-state index in [1.807, 2.05) is 0 Å². The molecule has 2 heterocycles. The van der Waals surface area contributed by atoms with Crippen molar-refractivity contribution in [3.8, 4) is 0 Å². The molecule has 10 heteroatoms. The molecule has 0 bridgehead atoms. The van der Waals surface area contributed by atoms with Gasteiger partial charge in [0, 0.05) is 14.1 Å². The number of carbonyl (C=O) groups is 2. The third kappa shape index (κ3) is 2.50. The summed E-state index contributed by atoms with van der Waals surface area (Å²) in [4.78, 5) is 50.5. The molecule has 0 aromatic carbocycles. The molecule has 0 spiro atoms. The smallest absolute Gasteiger partial charge is 0.332 e. The molecule has 1 amide bonds. The number of fused-ring (bicyclic) bond motifs is 1. The number of hydrogen-bond donors (Lipinski definition) is 1. The Balaban J connectivity index is 2.42. The summed E-state index contributed by atoms with van der Waals surface area (Å²) in [7, 11) is 2.80. The average molecular weight is 309 g/mol. The number of amides is 1. The van der Waals surface area contributed by atoms with E-state index in [2.05, 4.69) is 4.98 Å². The van der Waals surface area contributed by atoms with Crippen molar-refractivity contribution in [3.05, 3.63) is 27.2 Å². The lowest BCUT2D eigenvalue weighted by molar-refractivity contribution is -0.154. The van der Waals surface area contributed by atoms with E-state index in [0.29, 0.717) is 0 Å². The Bertz CT molecular complexity index is 874. The number of hydrogen-bond acceptors (Lipinski definition) is 6. The van der Waals surface area contributed by atoms with Gasteiger partial charge in [0.05, 0.1) is 6.33 Å². The van der Waals surface area contributed by atoms with Gasteiger partial charge in [-0.2, -0.15) is 0 Å². The zero-order valence-electron chi connectivity index (χ0n) is 12.3. The summed E-state index contributed by atoms with van der Waals surface area (Å²) in [5.74, 6) is -1.52. The van der Waals surface area contributed by atoms with Gasteiger partial charge in [-0.25, -0.2) is 9.78 Å². The molecule has 0 saturated carbocycles. The number of primary amides is 1. The van der Waals surface area contributed by atoms with E-state index in [1.54, 1.807) is 0 Å². The molecule has 2 aromatic heterocycles. The summed E-state index contributed by atoms with van der Waals surface area (Å²) in [6, 6.07) is 0. The van der Waals surface area contributed by atoms with Crippen LogP contribution in [0.15, 0.2) is 15.9 Å². The SMILES string of the molecule is CC(OC(=O)Cn1cnc2c1c(=O)n(C)c(=O)n2C)C(N)=O. The Morgan fingerprint density at radius 3 is 2.55 bits per heavy atom. The third-order valence-electron chi connectivity index (χ3n) is 3.23. The second kappa shape index (κ2) is 5.47. The zero-order valence-corrected chi connectivity index (χ0v) is 12.3. The van der Waals surface area contributed by atoms with Gasteiger partial charge in [-0.1, -0.05) is 0 Å². The lowest BCUT2D eigenvalue weighted by Crippen LogP contribution is -2.38. The summed E-state index contributed by atoms with van der Waals surface area (Å²) >= 11 is 0. The first-order chi connectivity index (χ1) is 10.2. The first-order valence-corrected chi connectivity index (χ1v) is 6.33. The monoisotopic (exact) mass is 309 g/mol. The van der Waals surface area contributed by atoms with Gasteiger partial charge in [0.2, 0.25) is 0 Å². The minimum Gasteiger partial charge on any atom is -0.451 e. The molecular weight excluding hydrogens is 294 g/mol. The molecule has 2 aromatic rings. The second-order valence-electron chi connectivity index (χ2n) is 4.78. The Morgan fingerprint density at radius 2 is 1.95 bits per heavy atom. The summed E-state index contributed by atoms with van der Waals surface area (Å²) in [5, 5.41) is 0. The fraction of sp³-hybridized carbons (Fsp3) is 0.417. The van der Waals surface area contributed by atoms with Gasteiger partial charge in [-0.15, -0.1) is 0 Å². The van der Waals surface area contributed by atoms with Crippen molar-refractivity contribution in [1.29, 1.82) is 0 Å². The predicted molar refractivity (Wildman–Crippen MR) is 75.0 cm³/mol. The van der Waals surface area contributed by atoms with Crippen LogP contribution in [0.4, 0.5) is 0 Å². The van der Waals surface area contributed by atoms with E-state index in [-0.39, 0.29) is 17.7 Å². The number of nitrogens with zero attached hydrogens (tertiary/aromatic N) is 4. The highest BCUT2D eigenvalue weighted by atomic mass is 16.5. The van der Waals surface area contributed by atoms with Crippen molar-refractivity contribution < 1.29 is 14.3 Å². The van der Waals surface area contributed by atoms with Gasteiger partial charge < -0.3 is 15.0 Å². The summed E-state index contributed by atoms with van der Waals surface area (Å²) in [6.45, 7) is 1.01. The highest BCUT2D eigenvalue weighted by Gasteiger charge is 2.19. The minimum atomic E-state index is -1.07. The van der Waals surface area contributed by atoms with Gasteiger partial charge in [0.1, 0.15) is 6.54 Å². The lowest BCUT2D eigenvalue weighted by atomic mass is 10.4. The van der Waals surface area contributed by atoms with E-state index >= 15 is 0 Å². The molecule has 10 nitrogen and oxygen atoms in total. The molecule has 0 aliphatic rings. The fourth-order valence-corrected chi connectivity index (χ4v) is 1.95. The van der Waals surface area contributed by atoms with E-state index in [0.717, 1.165) is 4.57 Å². The lowest BCUT2D eigenvalue weighted by Gasteiger charge is -2.10. The Kier molecular flexibility index (Phi) is 3.85. The summed E-state index contributed by atoms with van der Waals surface area (Å²) in [6.07, 6.45) is 0.177. The maximum absolute atomic E-state index is 12.2. The van der Waals surface area contributed by atoms with E-state index in [1.165, 1.54) is 36.5 Å². The second-order valence-corrected chi connectivity index (χ2v) is 4.78. The highest BCUT2D eigenvalue weighted by molar-refractivity contribution is 5.82. The molecule has 118 valence electrons. The first kappa shape index (κ1) is 15.5. The van der Waals surface area contributed by atoms with Crippen LogP contribution in [0.3, 0.4) is 0 Å². The van der Waals surface area contributed by atoms with E-state index < -0.39 is 29.2 Å². The molecule has 0 aliphatic carbocycles. The van der Waals surface area contributed by atoms with Crippen LogP contribution < -0.4 is 17.0 Å². The molecule has 2 rings (SSSR count). The summed E-state index contributed by atoms with van der Waals surface area (Å²) < 4.78 is 8.19. The number of aromatic nitrogens is 4. The average Bonchev–Trinajstić information content (AvgIpc) is 2.86. The molecule has 0 fully saturated rings. The van der Waals surface area contributed by atoms with Crippen molar-refractivity contribution in [1.82, 2.24) is 18.7 Å². The fourth-order valence-electron chi connectivity index (χ4n) is 1.95. The number of esters is 1. The first-order valence-electron chi connectivity index (χ1n) is 6.33. The maximum Gasteiger partial charge on any atom is 0.332 e. The van der Waals surface area contributed by atoms with Crippen molar-refractivity contribution in [3.63, 3.8) is 0 Å². The molecule has 0 aliphatic heterocycles. The number of rotatable bonds is 4. The van der Waals surface area contributed by atoms with Crippen LogP contribution in [-0.4, -0.2) is 36.7 Å². The predicted octanol–water partition coefficient (Wildman–Crippen LogP) is -2.15. The Hall–Kier alpha value is -2.91. The number of nitrogens with two attached hydrogens (primary N) is 1. The van der Waals surface area contributed by atoms with E-state index in [4.69, 9.17) is 10.5 Å². The van der Waals surface area contributed by atoms with Crippen molar-refractivity contribution in [2.24, 2.45) is 19.8 Å². The third-order valence-corrected chi connectivity index (χ3v) is 3.23. The topological polar surface area (TPSA) is 131 Å². The van der Waals surface area contributed by atoms with Gasteiger partial charge in [-0.3, -0.25) is 23.5 Å². The van der Waals surface area contributed by atoms with Crippen molar-refractivity contribution >= 4 is 23.0 Å². The largest absolute Gasteiger partial charge is 0.451 e. The quantitative estimate of drug-likeness (QED) is 0.641. The van der Waals surface area contributed by atoms with Crippen LogP contribution in [0.2, 0.25) is 0 Å². The minimum absolute atomic E-state index is 0.0910. The molecule has 1 unspecified atom stereocenters. The van der Waals surface area contributed by atoms with Crippen molar-refractivity contribution in [2.75, 3.05) is 0 Å². The van der Waals surface area contributed by atoms with Crippen molar-refractivity contribution in [2.45, 2.75) is 19.6 Å². The number of carbonyl (C=O) groups excluding carboxylic acids is 2. The highest BCUT2D eigenvalue weighted by Crippen LogP contribution is 2.06. The van der Waals surface area contributed by atoms with E-state index in [9.17, 15) is 19.2 Å². The molecule has 1 atom stereocenters. The van der Waals surface area contributed by atoms with Crippen LogP contribution >= 0.6 is 0 Å². The standard InChI is InChI=1S/C12H15N5O5/c1-6(9(13)19)22-7(18)4-17-5-14-10-8(17)11(20)16(3)12(21)15(10)2/h5-6H,4H2,1-3H3,(H2,13,19). The van der Waals surface area contributed by atoms with Gasteiger partial charge in [0.15, 0.2) is 17.3 Å². The molecular formula is C12H15N5O5. The number of aryl methyl sites for hydroxylation is 1. The molecule has 0 saturated heterocycles. The Morgan fingerprint density at radius 1 is 1.32 bits per heavy atom. The molecule has 0 radical (unpaired) electrons. The zero-order chi connectivity index (χ0) is 16.6. The Labute approximate surface area is 123 Å². The van der Waals surface area contributed by atoms with Gasteiger partial charge in [0.25, 0.3) is 11.5 Å².